The highest BCUT2D eigenvalue weighted by atomic mass is 32.2. The van der Waals surface area contributed by atoms with Gasteiger partial charge in [-0.1, -0.05) is 36.4 Å². The second kappa shape index (κ2) is 9.95. The van der Waals surface area contributed by atoms with Crippen LogP contribution in [0.1, 0.15) is 23.7 Å². The Morgan fingerprint density at radius 3 is 2.39 bits per heavy atom. The number of rotatable bonds is 8. The molecule has 1 amide bonds. The van der Waals surface area contributed by atoms with Crippen molar-refractivity contribution in [3.8, 4) is 5.75 Å². The van der Waals surface area contributed by atoms with E-state index >= 15 is 0 Å². The van der Waals surface area contributed by atoms with Crippen molar-refractivity contribution in [1.82, 2.24) is 9.88 Å². The van der Waals surface area contributed by atoms with Gasteiger partial charge in [-0.25, -0.2) is 0 Å². The zero-order chi connectivity index (χ0) is 19.8. The first-order chi connectivity index (χ1) is 13.7. The molecule has 0 aliphatic rings. The van der Waals surface area contributed by atoms with E-state index in [9.17, 15) is 4.79 Å². The largest absolute Gasteiger partial charge is 0.497 e. The third kappa shape index (κ3) is 5.14. The van der Waals surface area contributed by atoms with Crippen LogP contribution < -0.4 is 4.74 Å². The van der Waals surface area contributed by atoms with E-state index in [1.54, 1.807) is 30.0 Å². The minimum absolute atomic E-state index is 0.0977. The summed E-state index contributed by atoms with van der Waals surface area (Å²) < 4.78 is 5.18. The van der Waals surface area contributed by atoms with Crippen LogP contribution in [0.4, 0.5) is 0 Å². The molecule has 0 N–H and O–H groups in total. The van der Waals surface area contributed by atoms with Gasteiger partial charge in [0, 0.05) is 30.3 Å². The van der Waals surface area contributed by atoms with Crippen molar-refractivity contribution in [3.05, 3.63) is 90.3 Å². The standard InChI is InChI=1S/C23H24N2O2S/c1-25(22(26)15-17-28-20-13-11-19(27-2)12-14-20)23(18-8-4-3-5-9-18)21-10-6-7-16-24-21/h3-14,16,23H,15,17H2,1-2H3. The number of amides is 1. The number of carbonyl (C=O) groups excluding carboxylic acids is 1. The van der Waals surface area contributed by atoms with E-state index in [1.165, 1.54) is 0 Å². The number of aromatic nitrogens is 1. The predicted molar refractivity (Wildman–Crippen MR) is 114 cm³/mol. The Labute approximate surface area is 170 Å². The van der Waals surface area contributed by atoms with Crippen molar-refractivity contribution in [1.29, 1.82) is 0 Å². The van der Waals surface area contributed by atoms with Crippen molar-refractivity contribution in [2.75, 3.05) is 19.9 Å². The second-order valence-corrected chi connectivity index (χ2v) is 7.51. The van der Waals surface area contributed by atoms with Gasteiger partial charge in [0.25, 0.3) is 0 Å². The van der Waals surface area contributed by atoms with Crippen molar-refractivity contribution in [2.24, 2.45) is 0 Å². The summed E-state index contributed by atoms with van der Waals surface area (Å²) in [6, 6.07) is 23.5. The van der Waals surface area contributed by atoms with Gasteiger partial charge in [-0.05, 0) is 42.0 Å². The smallest absolute Gasteiger partial charge is 0.223 e. The lowest BCUT2D eigenvalue weighted by atomic mass is 10.0. The Kier molecular flexibility index (Phi) is 7.09. The van der Waals surface area contributed by atoms with Crippen LogP contribution in [-0.4, -0.2) is 35.7 Å². The highest BCUT2D eigenvalue weighted by Crippen LogP contribution is 2.27. The maximum atomic E-state index is 12.9. The molecule has 0 saturated carbocycles. The van der Waals surface area contributed by atoms with Crippen LogP contribution in [0.2, 0.25) is 0 Å². The summed E-state index contributed by atoms with van der Waals surface area (Å²) in [5.41, 5.74) is 1.92. The third-order valence-corrected chi connectivity index (χ3v) is 5.52. The van der Waals surface area contributed by atoms with Crippen LogP contribution in [0, 0.1) is 0 Å². The Bertz CT molecular complexity index is 831. The minimum atomic E-state index is -0.194. The van der Waals surface area contributed by atoms with E-state index < -0.39 is 0 Å². The molecule has 1 aromatic heterocycles. The number of thioether (sulfide) groups is 1. The van der Waals surface area contributed by atoms with Gasteiger partial charge in [-0.2, -0.15) is 0 Å². The third-order valence-electron chi connectivity index (χ3n) is 4.51. The molecule has 1 heterocycles. The lowest BCUT2D eigenvalue weighted by Crippen LogP contribution is -2.32. The molecule has 3 rings (SSSR count). The lowest BCUT2D eigenvalue weighted by molar-refractivity contribution is -0.131. The quantitative estimate of drug-likeness (QED) is 0.516. The highest BCUT2D eigenvalue weighted by molar-refractivity contribution is 7.99. The van der Waals surface area contributed by atoms with E-state index in [2.05, 4.69) is 4.98 Å². The van der Waals surface area contributed by atoms with Gasteiger partial charge in [-0.3, -0.25) is 9.78 Å². The maximum absolute atomic E-state index is 12.9. The molecule has 3 aromatic rings. The monoisotopic (exact) mass is 392 g/mol. The summed E-state index contributed by atoms with van der Waals surface area (Å²) in [4.78, 5) is 20.3. The first-order valence-corrected chi connectivity index (χ1v) is 10.2. The molecule has 144 valence electrons. The van der Waals surface area contributed by atoms with Gasteiger partial charge in [0.2, 0.25) is 5.91 Å². The normalized spacial score (nSPS) is 11.6. The summed E-state index contributed by atoms with van der Waals surface area (Å²) in [5, 5.41) is 0. The van der Waals surface area contributed by atoms with Crippen molar-refractivity contribution < 1.29 is 9.53 Å². The molecule has 28 heavy (non-hydrogen) atoms. The van der Waals surface area contributed by atoms with Gasteiger partial charge in [0.1, 0.15) is 5.75 Å². The number of hydrogen-bond donors (Lipinski definition) is 0. The zero-order valence-electron chi connectivity index (χ0n) is 16.1. The molecule has 0 spiro atoms. The van der Waals surface area contributed by atoms with Crippen molar-refractivity contribution in [3.63, 3.8) is 0 Å². The Morgan fingerprint density at radius 1 is 1.04 bits per heavy atom. The van der Waals surface area contributed by atoms with Crippen LogP contribution in [0.25, 0.3) is 0 Å². The topological polar surface area (TPSA) is 42.4 Å². The molecule has 0 saturated heterocycles. The van der Waals surface area contributed by atoms with Crippen LogP contribution in [-0.2, 0) is 4.79 Å². The number of benzene rings is 2. The molecule has 1 unspecified atom stereocenters. The minimum Gasteiger partial charge on any atom is -0.497 e. The molecule has 0 radical (unpaired) electrons. The fourth-order valence-corrected chi connectivity index (χ4v) is 3.86. The average Bonchev–Trinajstić information content (AvgIpc) is 2.76. The molecule has 4 nitrogen and oxygen atoms in total. The summed E-state index contributed by atoms with van der Waals surface area (Å²) in [6.45, 7) is 0. The van der Waals surface area contributed by atoms with E-state index in [0.717, 1.165) is 27.7 Å². The van der Waals surface area contributed by atoms with Gasteiger partial charge in [-0.15, -0.1) is 11.8 Å². The maximum Gasteiger partial charge on any atom is 0.223 e. The first kappa shape index (κ1) is 20.0. The molecule has 2 aromatic carbocycles. The fourth-order valence-electron chi connectivity index (χ4n) is 3.01. The SMILES string of the molecule is COc1ccc(SCCC(=O)N(C)C(c2ccccc2)c2ccccn2)cc1. The van der Waals surface area contributed by atoms with Gasteiger partial charge in [0.15, 0.2) is 0 Å². The summed E-state index contributed by atoms with van der Waals surface area (Å²) in [5.74, 6) is 1.65. The number of ether oxygens (including phenoxy) is 1. The molecule has 0 aliphatic carbocycles. The van der Waals surface area contributed by atoms with Crippen molar-refractivity contribution in [2.45, 2.75) is 17.4 Å². The number of hydrogen-bond acceptors (Lipinski definition) is 4. The first-order valence-electron chi connectivity index (χ1n) is 9.17. The van der Waals surface area contributed by atoms with Crippen LogP contribution in [0.5, 0.6) is 5.75 Å². The molecule has 1 atom stereocenters. The Morgan fingerprint density at radius 2 is 1.75 bits per heavy atom. The molecular formula is C23H24N2O2S. The van der Waals surface area contributed by atoms with Gasteiger partial charge < -0.3 is 9.64 Å². The van der Waals surface area contributed by atoms with E-state index in [-0.39, 0.29) is 11.9 Å². The van der Waals surface area contributed by atoms with Crippen LogP contribution in [0.3, 0.4) is 0 Å². The van der Waals surface area contributed by atoms with Gasteiger partial charge >= 0.3 is 0 Å². The van der Waals surface area contributed by atoms with Gasteiger partial charge in [0.05, 0.1) is 18.8 Å². The lowest BCUT2D eigenvalue weighted by Gasteiger charge is -2.28. The van der Waals surface area contributed by atoms with E-state index in [4.69, 9.17) is 4.74 Å². The van der Waals surface area contributed by atoms with Crippen molar-refractivity contribution >= 4 is 17.7 Å². The molecule has 0 fully saturated rings. The summed E-state index contributed by atoms with van der Waals surface area (Å²) in [6.07, 6.45) is 2.23. The Balaban J connectivity index is 1.66. The predicted octanol–water partition coefficient (Wildman–Crippen LogP) is 4.82. The Hall–Kier alpha value is -2.79. The summed E-state index contributed by atoms with van der Waals surface area (Å²) in [7, 11) is 3.51. The average molecular weight is 393 g/mol. The molecule has 0 bridgehead atoms. The fraction of sp³-hybridized carbons (Fsp3) is 0.217. The molecule has 5 heteroatoms. The number of methoxy groups -OCH3 is 1. The van der Waals surface area contributed by atoms with E-state index in [1.807, 2.05) is 79.8 Å². The zero-order valence-corrected chi connectivity index (χ0v) is 16.9. The second-order valence-electron chi connectivity index (χ2n) is 6.35. The van der Waals surface area contributed by atoms with Crippen LogP contribution >= 0.6 is 11.8 Å². The molecular weight excluding hydrogens is 368 g/mol. The van der Waals surface area contributed by atoms with Crippen LogP contribution in [0.15, 0.2) is 83.9 Å². The molecule has 0 aliphatic heterocycles. The van der Waals surface area contributed by atoms with E-state index in [0.29, 0.717) is 6.42 Å². The number of carbonyl (C=O) groups is 1. The summed E-state index contributed by atoms with van der Waals surface area (Å²) >= 11 is 1.67. The highest BCUT2D eigenvalue weighted by Gasteiger charge is 2.24. The number of pyridine rings is 1. The number of nitrogens with zero attached hydrogens (tertiary/aromatic N) is 2.